The Labute approximate surface area is 199 Å². The highest BCUT2D eigenvalue weighted by molar-refractivity contribution is 7.85. The minimum atomic E-state index is -4.02. The van der Waals surface area contributed by atoms with Gasteiger partial charge in [-0.25, -0.2) is 0 Å². The molecule has 11 heteroatoms. The third-order valence-corrected chi connectivity index (χ3v) is 6.37. The SMILES string of the molecule is CCCCCCOc1c2n(ccc1=O)N[C@@H]1COCCN1C2=O.Cc1ccc(S(=O)(=O)O)cc1. The minimum absolute atomic E-state index is 0.0666. The normalized spacial score (nSPS) is 17.1. The Hall–Kier alpha value is -2.89. The van der Waals surface area contributed by atoms with Crippen LogP contribution in [0.25, 0.3) is 0 Å². The molecule has 1 atom stereocenters. The van der Waals surface area contributed by atoms with Gasteiger partial charge < -0.3 is 19.8 Å². The van der Waals surface area contributed by atoms with E-state index in [2.05, 4.69) is 12.3 Å². The van der Waals surface area contributed by atoms with Crippen molar-refractivity contribution in [2.24, 2.45) is 0 Å². The zero-order chi connectivity index (χ0) is 24.7. The van der Waals surface area contributed by atoms with Gasteiger partial charge in [-0.1, -0.05) is 43.9 Å². The van der Waals surface area contributed by atoms with E-state index in [1.807, 2.05) is 6.92 Å². The van der Waals surface area contributed by atoms with E-state index in [1.165, 1.54) is 18.2 Å². The van der Waals surface area contributed by atoms with Gasteiger partial charge in [0.2, 0.25) is 5.43 Å². The van der Waals surface area contributed by atoms with Gasteiger partial charge in [-0.2, -0.15) is 8.42 Å². The number of rotatable bonds is 7. The van der Waals surface area contributed by atoms with Gasteiger partial charge in [0.1, 0.15) is 6.17 Å². The molecule has 10 nitrogen and oxygen atoms in total. The average molecular weight is 494 g/mol. The maximum absolute atomic E-state index is 12.7. The fourth-order valence-electron chi connectivity index (χ4n) is 3.63. The summed E-state index contributed by atoms with van der Waals surface area (Å²) in [5.41, 5.74) is 4.17. The highest BCUT2D eigenvalue weighted by Crippen LogP contribution is 2.22. The molecule has 0 spiro atoms. The molecule has 2 aliphatic heterocycles. The fraction of sp³-hybridized carbons (Fsp3) is 0.478. The van der Waals surface area contributed by atoms with Crippen LogP contribution in [0.4, 0.5) is 0 Å². The summed E-state index contributed by atoms with van der Waals surface area (Å²) in [6.45, 7) is 5.89. The number of fused-ring (bicyclic) bond motifs is 2. The first-order valence-electron chi connectivity index (χ1n) is 11.3. The number of aryl methyl sites for hydroxylation is 1. The van der Waals surface area contributed by atoms with Crippen molar-refractivity contribution in [1.82, 2.24) is 9.58 Å². The first kappa shape index (κ1) is 25.7. The van der Waals surface area contributed by atoms with Crippen LogP contribution in [0.2, 0.25) is 0 Å². The van der Waals surface area contributed by atoms with Crippen molar-refractivity contribution in [2.45, 2.75) is 50.6 Å². The number of benzene rings is 1. The molecule has 4 rings (SSSR count). The molecule has 34 heavy (non-hydrogen) atoms. The molecule has 1 aromatic heterocycles. The number of nitrogens with one attached hydrogen (secondary N) is 1. The Kier molecular flexibility index (Phi) is 8.70. The Balaban J connectivity index is 0.000000248. The van der Waals surface area contributed by atoms with Gasteiger partial charge in [-0.3, -0.25) is 18.8 Å². The van der Waals surface area contributed by atoms with Crippen molar-refractivity contribution in [1.29, 1.82) is 0 Å². The third kappa shape index (κ3) is 6.37. The van der Waals surface area contributed by atoms with Gasteiger partial charge in [0.15, 0.2) is 11.4 Å². The summed E-state index contributed by atoms with van der Waals surface area (Å²) in [5.74, 6) is -0.0373. The number of morpholine rings is 1. The van der Waals surface area contributed by atoms with Crippen LogP contribution >= 0.6 is 0 Å². The van der Waals surface area contributed by atoms with E-state index >= 15 is 0 Å². The second-order valence-electron chi connectivity index (χ2n) is 8.14. The molecule has 0 radical (unpaired) electrons. The van der Waals surface area contributed by atoms with Crippen LogP contribution < -0.4 is 15.6 Å². The van der Waals surface area contributed by atoms with E-state index in [0.717, 1.165) is 31.2 Å². The summed E-state index contributed by atoms with van der Waals surface area (Å²) in [7, 11) is -4.02. The van der Waals surface area contributed by atoms with E-state index in [1.54, 1.807) is 27.9 Å². The van der Waals surface area contributed by atoms with Crippen molar-refractivity contribution >= 4 is 16.0 Å². The monoisotopic (exact) mass is 493 g/mol. The van der Waals surface area contributed by atoms with Crippen molar-refractivity contribution in [3.63, 3.8) is 0 Å². The second-order valence-corrected chi connectivity index (χ2v) is 9.56. The maximum Gasteiger partial charge on any atom is 0.294 e. The molecule has 2 aliphatic rings. The molecular formula is C23H31N3O7S. The van der Waals surface area contributed by atoms with Gasteiger partial charge in [0.05, 0.1) is 24.7 Å². The zero-order valence-corrected chi connectivity index (χ0v) is 20.2. The lowest BCUT2D eigenvalue weighted by atomic mass is 10.2. The minimum Gasteiger partial charge on any atom is -0.487 e. The lowest BCUT2D eigenvalue weighted by Gasteiger charge is -2.41. The molecule has 0 bridgehead atoms. The first-order chi connectivity index (χ1) is 16.2. The highest BCUT2D eigenvalue weighted by atomic mass is 32.2. The van der Waals surface area contributed by atoms with E-state index < -0.39 is 10.1 Å². The lowest BCUT2D eigenvalue weighted by Crippen LogP contribution is -2.59. The zero-order valence-electron chi connectivity index (χ0n) is 19.4. The largest absolute Gasteiger partial charge is 0.487 e. The summed E-state index contributed by atoms with van der Waals surface area (Å²) in [5, 5.41) is 0. The van der Waals surface area contributed by atoms with E-state index in [4.69, 9.17) is 14.0 Å². The van der Waals surface area contributed by atoms with Crippen LogP contribution in [0.15, 0.2) is 46.2 Å². The summed E-state index contributed by atoms with van der Waals surface area (Å²) < 4.78 is 42.2. The first-order valence-corrected chi connectivity index (χ1v) is 12.7. The van der Waals surface area contributed by atoms with Crippen LogP contribution in [-0.2, 0) is 14.9 Å². The lowest BCUT2D eigenvalue weighted by molar-refractivity contribution is -0.00324. The van der Waals surface area contributed by atoms with Crippen molar-refractivity contribution in [2.75, 3.05) is 31.8 Å². The molecule has 0 saturated carbocycles. The standard InChI is InChI=1S/C16H23N3O4.C7H8O3S/c1-2-3-4-5-9-23-15-12(20)6-7-19-14(15)16(21)18-8-10-22-11-13(18)17-19;1-6-2-4-7(5-3-6)11(8,9)10/h6-7,13,17H,2-5,8-11H2,1H3;2-5H,1H3,(H,8,9,10)/t13-;/m0./s1. The van der Waals surface area contributed by atoms with Crippen LogP contribution in [-0.4, -0.2) is 61.0 Å². The Morgan fingerprint density at radius 3 is 2.56 bits per heavy atom. The molecule has 1 amide bonds. The van der Waals surface area contributed by atoms with E-state index in [0.29, 0.717) is 26.4 Å². The molecule has 186 valence electrons. The van der Waals surface area contributed by atoms with Crippen molar-refractivity contribution in [3.8, 4) is 5.75 Å². The van der Waals surface area contributed by atoms with Crippen molar-refractivity contribution in [3.05, 3.63) is 58.0 Å². The number of unbranched alkanes of at least 4 members (excludes halogenated alkanes) is 3. The van der Waals surface area contributed by atoms with Crippen LogP contribution in [0.3, 0.4) is 0 Å². The van der Waals surface area contributed by atoms with Gasteiger partial charge in [0, 0.05) is 18.8 Å². The quantitative estimate of drug-likeness (QED) is 0.445. The van der Waals surface area contributed by atoms with Crippen LogP contribution in [0.5, 0.6) is 5.75 Å². The smallest absolute Gasteiger partial charge is 0.294 e. The molecule has 0 unspecified atom stereocenters. The van der Waals surface area contributed by atoms with Crippen LogP contribution in [0, 0.1) is 6.92 Å². The highest BCUT2D eigenvalue weighted by Gasteiger charge is 2.36. The number of carbonyl (C=O) groups is 1. The molecule has 2 aromatic rings. The third-order valence-electron chi connectivity index (χ3n) is 5.50. The van der Waals surface area contributed by atoms with Crippen molar-refractivity contribution < 1.29 is 27.2 Å². The molecule has 2 N–H and O–H groups in total. The van der Waals surface area contributed by atoms with Gasteiger partial charge in [0.25, 0.3) is 16.0 Å². The molecule has 1 fully saturated rings. The number of carbonyl (C=O) groups excluding carboxylic acids is 1. The number of hydrogen-bond acceptors (Lipinski definition) is 7. The Morgan fingerprint density at radius 1 is 1.15 bits per heavy atom. The van der Waals surface area contributed by atoms with Crippen LogP contribution in [0.1, 0.15) is 48.7 Å². The molecular weight excluding hydrogens is 462 g/mol. The fourth-order valence-corrected chi connectivity index (χ4v) is 4.11. The Bertz CT molecular complexity index is 1150. The number of amides is 1. The number of aromatic nitrogens is 1. The molecule has 0 aliphatic carbocycles. The predicted octanol–water partition coefficient (Wildman–Crippen LogP) is 2.40. The van der Waals surface area contributed by atoms with E-state index in [-0.39, 0.29) is 33.8 Å². The molecule has 3 heterocycles. The number of pyridine rings is 1. The summed E-state index contributed by atoms with van der Waals surface area (Å²) in [6, 6.07) is 7.41. The topological polar surface area (TPSA) is 127 Å². The van der Waals surface area contributed by atoms with Gasteiger partial charge in [-0.15, -0.1) is 0 Å². The summed E-state index contributed by atoms with van der Waals surface area (Å²) in [6.07, 6.45) is 5.60. The summed E-state index contributed by atoms with van der Waals surface area (Å²) in [4.78, 5) is 26.5. The Morgan fingerprint density at radius 2 is 1.88 bits per heavy atom. The predicted molar refractivity (Wildman–Crippen MR) is 126 cm³/mol. The number of hydrogen-bond donors (Lipinski definition) is 2. The number of nitrogens with zero attached hydrogens (tertiary/aromatic N) is 2. The molecule has 1 aromatic carbocycles. The number of ether oxygens (including phenoxy) is 2. The van der Waals surface area contributed by atoms with Gasteiger partial charge >= 0.3 is 0 Å². The maximum atomic E-state index is 12.7. The summed E-state index contributed by atoms with van der Waals surface area (Å²) >= 11 is 0. The average Bonchev–Trinajstić information content (AvgIpc) is 2.80. The van der Waals surface area contributed by atoms with Gasteiger partial charge in [-0.05, 0) is 25.5 Å². The second kappa shape index (κ2) is 11.5. The van der Waals surface area contributed by atoms with E-state index in [9.17, 15) is 18.0 Å². The molecule has 1 saturated heterocycles.